The monoisotopic (exact) mass is 1150 g/mol. The van der Waals surface area contributed by atoms with Crippen LogP contribution in [0, 0.1) is 23.7 Å². The Balaban J connectivity index is 1.05. The molecule has 30 atom stereocenters. The minimum atomic E-state index is -2.05. The topological polar surface area (TPSA) is 419 Å². The highest BCUT2D eigenvalue weighted by Gasteiger charge is 2.56. The molecule has 8 fully saturated rings. The summed E-state index contributed by atoms with van der Waals surface area (Å²) >= 11 is 0. The van der Waals surface area contributed by atoms with Crippen molar-refractivity contribution >= 4 is 11.9 Å². The van der Waals surface area contributed by atoms with Crippen LogP contribution in [0.25, 0.3) is 0 Å². The molecule has 4 aliphatic heterocycles. The van der Waals surface area contributed by atoms with Crippen LogP contribution in [0.1, 0.15) is 77.0 Å². The van der Waals surface area contributed by atoms with Gasteiger partial charge in [0.1, 0.15) is 86.5 Å². The lowest BCUT2D eigenvalue weighted by molar-refractivity contribution is -0.380. The first-order chi connectivity index (χ1) is 38.2. The Bertz CT molecular complexity index is 2020. The second-order valence-corrected chi connectivity index (χ2v) is 22.9. The molecule has 4 saturated carbocycles. The number of esters is 2. The van der Waals surface area contributed by atoms with Gasteiger partial charge in [0.05, 0.1) is 73.8 Å². The maximum absolute atomic E-state index is 13.2. The van der Waals surface area contributed by atoms with Crippen LogP contribution < -0.4 is 0 Å². The van der Waals surface area contributed by atoms with Crippen molar-refractivity contribution in [2.24, 2.45) is 23.7 Å². The third kappa shape index (κ3) is 15.1. The highest BCUT2D eigenvalue weighted by atomic mass is 16.8. The summed E-state index contributed by atoms with van der Waals surface area (Å²) in [7, 11) is 2.93. The Morgan fingerprint density at radius 3 is 1.57 bits per heavy atom. The molecule has 4 saturated heterocycles. The summed E-state index contributed by atoms with van der Waals surface area (Å²) in [5.74, 6) is -3.20. The SMILES string of the molecule is COC1CC(C=CC(=O)OC[C@H]2O[C@@H](OC3CC4C(CC(O)CC4O[C@@H]4O[C@H](CO)[C@@H](O)[C@H](O)[C@H]4O)OC3C3CCC(O)C(OC)C3)[C@H](O[C@@H]3O[C@H](COC(=O)C=CC4CCC(O)C(O)C4)[C@@H](O)[C@H](O)[C@H]3O)[C@@H](O)[C@@H]2O)CCC1O. The van der Waals surface area contributed by atoms with E-state index < -0.39 is 203 Å². The van der Waals surface area contributed by atoms with Crippen LogP contribution in [0.15, 0.2) is 24.3 Å². The third-order valence-corrected chi connectivity index (χ3v) is 17.5. The maximum Gasteiger partial charge on any atom is 0.330 e. The Kier molecular flexibility index (Phi) is 22.7. The zero-order chi connectivity index (χ0) is 57.7. The first-order valence-corrected chi connectivity index (χ1v) is 28.0. The fraction of sp³-hybridized carbons (Fsp3) is 0.887. The lowest BCUT2D eigenvalue weighted by atomic mass is 9.72. The van der Waals surface area contributed by atoms with Gasteiger partial charge in [-0.1, -0.05) is 12.2 Å². The van der Waals surface area contributed by atoms with E-state index in [1.54, 1.807) is 6.08 Å². The molecule has 15 unspecified atom stereocenters. The molecule has 14 N–H and O–H groups in total. The summed E-state index contributed by atoms with van der Waals surface area (Å²) in [5.41, 5.74) is 0. The first kappa shape index (κ1) is 63.5. The van der Waals surface area contributed by atoms with Gasteiger partial charge in [-0.25, -0.2) is 9.59 Å². The van der Waals surface area contributed by atoms with Crippen LogP contribution in [0.5, 0.6) is 0 Å². The van der Waals surface area contributed by atoms with Crippen LogP contribution in [0.3, 0.4) is 0 Å². The summed E-state index contributed by atoms with van der Waals surface area (Å²) in [6.07, 6.45) is -26.9. The normalized spacial score (nSPS) is 48.6. The average molecular weight is 1150 g/mol. The van der Waals surface area contributed by atoms with Crippen LogP contribution in [0.2, 0.25) is 0 Å². The quantitative estimate of drug-likeness (QED) is 0.0452. The summed E-state index contributed by atoms with van der Waals surface area (Å²) in [4.78, 5) is 26.0. The number of ether oxygens (including phenoxy) is 11. The Morgan fingerprint density at radius 2 is 0.975 bits per heavy atom. The fourth-order valence-corrected chi connectivity index (χ4v) is 12.7. The molecule has 0 aromatic heterocycles. The predicted octanol–water partition coefficient (Wildman–Crippen LogP) is -4.80. The first-order valence-electron chi connectivity index (χ1n) is 28.0. The molecule has 4 heterocycles. The number of aliphatic hydroxyl groups excluding tert-OH is 14. The van der Waals surface area contributed by atoms with Gasteiger partial charge in [-0.05, 0) is 88.4 Å². The zero-order valence-corrected chi connectivity index (χ0v) is 44.8. The van der Waals surface area contributed by atoms with Gasteiger partial charge in [0, 0.05) is 38.7 Å². The number of rotatable bonds is 18. The highest BCUT2D eigenvalue weighted by molar-refractivity contribution is 5.82. The molecule has 0 radical (unpaired) electrons. The molecule has 8 rings (SSSR count). The van der Waals surface area contributed by atoms with Gasteiger partial charge in [0.25, 0.3) is 0 Å². The smallest absolute Gasteiger partial charge is 0.330 e. The molecule has 0 aromatic rings. The van der Waals surface area contributed by atoms with E-state index >= 15 is 0 Å². The van der Waals surface area contributed by atoms with Crippen molar-refractivity contribution in [1.29, 1.82) is 0 Å². The molecular formula is C53H84O27. The van der Waals surface area contributed by atoms with Crippen molar-refractivity contribution in [2.75, 3.05) is 34.0 Å². The number of fused-ring (bicyclic) bond motifs is 1. The lowest BCUT2D eigenvalue weighted by Crippen LogP contribution is -2.66. The molecule has 0 bridgehead atoms. The van der Waals surface area contributed by atoms with E-state index in [9.17, 15) is 81.1 Å². The van der Waals surface area contributed by atoms with Gasteiger partial charge in [-0.3, -0.25) is 0 Å². The van der Waals surface area contributed by atoms with Crippen LogP contribution in [-0.4, -0.2) is 277 Å². The number of aliphatic hydroxyl groups is 14. The van der Waals surface area contributed by atoms with E-state index in [4.69, 9.17) is 52.1 Å². The van der Waals surface area contributed by atoms with E-state index in [0.717, 1.165) is 6.08 Å². The van der Waals surface area contributed by atoms with Crippen LogP contribution in [0.4, 0.5) is 0 Å². The molecule has 0 aromatic carbocycles. The van der Waals surface area contributed by atoms with Gasteiger partial charge in [0.2, 0.25) is 0 Å². The summed E-state index contributed by atoms with van der Waals surface area (Å²) in [5, 5.41) is 151. The zero-order valence-electron chi connectivity index (χ0n) is 44.8. The number of hydrogen-bond acceptors (Lipinski definition) is 27. The van der Waals surface area contributed by atoms with Crippen molar-refractivity contribution < 1.29 is 133 Å². The molecule has 27 nitrogen and oxygen atoms in total. The van der Waals surface area contributed by atoms with Gasteiger partial charge >= 0.3 is 11.9 Å². The second-order valence-electron chi connectivity index (χ2n) is 22.9. The van der Waals surface area contributed by atoms with E-state index in [0.29, 0.717) is 38.5 Å². The van der Waals surface area contributed by atoms with Crippen molar-refractivity contribution in [3.05, 3.63) is 24.3 Å². The molecule has 8 aliphatic rings. The summed E-state index contributed by atoms with van der Waals surface area (Å²) in [6, 6.07) is 0. The van der Waals surface area contributed by atoms with Crippen molar-refractivity contribution in [1.82, 2.24) is 0 Å². The van der Waals surface area contributed by atoms with Crippen molar-refractivity contribution in [2.45, 2.75) is 236 Å². The van der Waals surface area contributed by atoms with Gasteiger partial charge in [0.15, 0.2) is 18.9 Å². The van der Waals surface area contributed by atoms with Gasteiger partial charge < -0.3 is 124 Å². The molecule has 0 amide bonds. The van der Waals surface area contributed by atoms with E-state index in [1.165, 1.54) is 26.4 Å². The average Bonchev–Trinajstić information content (AvgIpc) is 3.56. The minimum Gasteiger partial charge on any atom is -0.460 e. The molecule has 0 spiro atoms. The van der Waals surface area contributed by atoms with E-state index in [-0.39, 0.29) is 50.4 Å². The Morgan fingerprint density at radius 1 is 0.463 bits per heavy atom. The highest BCUT2D eigenvalue weighted by Crippen LogP contribution is 2.46. The number of methoxy groups -OCH3 is 2. The second kappa shape index (κ2) is 28.6. The molecule has 458 valence electrons. The van der Waals surface area contributed by atoms with Crippen molar-refractivity contribution in [3.63, 3.8) is 0 Å². The molecular weight excluding hydrogens is 1070 g/mol. The van der Waals surface area contributed by atoms with E-state index in [1.807, 2.05) is 0 Å². The van der Waals surface area contributed by atoms with E-state index in [2.05, 4.69) is 0 Å². The predicted molar refractivity (Wildman–Crippen MR) is 266 cm³/mol. The van der Waals surface area contributed by atoms with Crippen molar-refractivity contribution in [3.8, 4) is 0 Å². The van der Waals surface area contributed by atoms with Crippen LogP contribution in [-0.2, 0) is 61.7 Å². The fourth-order valence-electron chi connectivity index (χ4n) is 12.7. The Hall–Kier alpha value is -2.50. The molecule has 27 heteroatoms. The third-order valence-electron chi connectivity index (χ3n) is 17.5. The number of allylic oxidation sites excluding steroid dienone is 2. The standard InChI is InChI=1S/C53H84O27/c1-70-33-14-23(4-9-28(33)57)6-12-40(61)73-21-38-43(64)46(67)50(80-52-48(69)45(66)42(63)37(78-52)20-72-39(60)11-5-22-3-8-27(56)30(59)13-22)53(79-38)76-35-18-26-31(74-49(35)24-7-10-29(58)34(15-24)71-2)16-25(55)17-32(26)75-51-47(68)44(65)41(62)36(19-54)77-51/h5-6,11-12,22-38,41-59,62-69H,3-4,7-10,13-21H2,1-2H3/t22?,23?,24?,25?,26?,27?,28?,29?,30?,31?,32?,33?,34?,35?,36-,37-,38-,41-,42-,43-,44+,45+,46+,47-,48-,49?,50-,51-,52+,53-/m1/s1. The lowest BCUT2D eigenvalue weighted by Gasteiger charge is -2.53. The van der Waals surface area contributed by atoms with Gasteiger partial charge in [-0.2, -0.15) is 0 Å². The largest absolute Gasteiger partial charge is 0.460 e. The van der Waals surface area contributed by atoms with Gasteiger partial charge in [-0.15, -0.1) is 0 Å². The summed E-state index contributed by atoms with van der Waals surface area (Å²) in [6.45, 7) is -2.08. The number of carbonyl (C=O) groups excluding carboxylic acids is 2. The number of carbonyl (C=O) groups is 2. The van der Waals surface area contributed by atoms with Crippen LogP contribution >= 0.6 is 0 Å². The minimum absolute atomic E-state index is 0.0112. The molecule has 4 aliphatic carbocycles. The Labute approximate surface area is 462 Å². The number of hydrogen-bond donors (Lipinski definition) is 14. The summed E-state index contributed by atoms with van der Waals surface area (Å²) < 4.78 is 66.1. The maximum atomic E-state index is 13.2. The molecule has 80 heavy (non-hydrogen) atoms.